The Hall–Kier alpha value is -1.84. The highest BCUT2D eigenvalue weighted by atomic mass is 35.5. The third kappa shape index (κ3) is 3.87. The molecule has 0 heterocycles. The molecule has 0 spiro atoms. The maximum atomic E-state index is 13.1. The molecule has 0 fully saturated rings. The minimum Gasteiger partial charge on any atom is -0.383 e. The lowest BCUT2D eigenvalue weighted by molar-refractivity contribution is 0.105. The normalized spacial score (nSPS) is 11.4. The van der Waals surface area contributed by atoms with Crippen molar-refractivity contribution in [3.63, 3.8) is 0 Å². The van der Waals surface area contributed by atoms with Crippen LogP contribution in [0, 0.1) is 5.82 Å². The summed E-state index contributed by atoms with van der Waals surface area (Å²) in [6.45, 7) is 0. The summed E-state index contributed by atoms with van der Waals surface area (Å²) in [5, 5.41) is 0.741. The second-order valence-corrected chi connectivity index (χ2v) is 5.81. The van der Waals surface area contributed by atoms with Crippen LogP contribution in [0.3, 0.4) is 0 Å². The minimum atomic E-state index is -0.357. The zero-order chi connectivity index (χ0) is 16.3. The molecule has 5 heteroatoms. The van der Waals surface area contributed by atoms with Crippen molar-refractivity contribution in [2.75, 3.05) is 14.1 Å². The highest BCUT2D eigenvalue weighted by Gasteiger charge is 2.18. The van der Waals surface area contributed by atoms with E-state index in [9.17, 15) is 9.18 Å². The molecule has 114 valence electrons. The number of benzene rings is 2. The molecule has 0 saturated carbocycles. The van der Waals surface area contributed by atoms with Crippen molar-refractivity contribution in [3.8, 4) is 0 Å². The van der Waals surface area contributed by atoms with E-state index in [4.69, 9.17) is 23.2 Å². The number of carbonyl (C=O) groups is 1. The van der Waals surface area contributed by atoms with E-state index in [2.05, 4.69) is 0 Å². The van der Waals surface area contributed by atoms with Crippen molar-refractivity contribution in [2.24, 2.45) is 0 Å². The number of nitrogens with zero attached hydrogens (tertiary/aromatic N) is 1. The number of allylic oxidation sites excluding steroid dienone is 1. The zero-order valence-corrected chi connectivity index (χ0v) is 13.6. The summed E-state index contributed by atoms with van der Waals surface area (Å²) < 4.78 is 13.1. The van der Waals surface area contributed by atoms with E-state index in [0.717, 1.165) is 0 Å². The van der Waals surface area contributed by atoms with Crippen LogP contribution in [0.15, 0.2) is 48.7 Å². The maximum absolute atomic E-state index is 13.1. The Bertz CT molecular complexity index is 724. The predicted molar refractivity (Wildman–Crippen MR) is 88.9 cm³/mol. The Morgan fingerprint density at radius 1 is 1.09 bits per heavy atom. The van der Waals surface area contributed by atoms with Crippen LogP contribution in [0.5, 0.6) is 0 Å². The van der Waals surface area contributed by atoms with E-state index in [1.54, 1.807) is 49.5 Å². The largest absolute Gasteiger partial charge is 0.383 e. The first-order chi connectivity index (χ1) is 10.4. The summed E-state index contributed by atoms with van der Waals surface area (Å²) in [6, 6.07) is 10.5. The Morgan fingerprint density at radius 3 is 2.27 bits per heavy atom. The molecule has 0 saturated heterocycles. The Kier molecular flexibility index (Phi) is 5.22. The number of carbonyl (C=O) groups excluding carboxylic acids is 1. The van der Waals surface area contributed by atoms with Crippen LogP contribution < -0.4 is 0 Å². The lowest BCUT2D eigenvalue weighted by Crippen LogP contribution is -2.10. The Balaban J connectivity index is 2.50. The van der Waals surface area contributed by atoms with Crippen molar-refractivity contribution in [2.45, 2.75) is 0 Å². The number of hydrogen-bond acceptors (Lipinski definition) is 2. The molecule has 22 heavy (non-hydrogen) atoms. The van der Waals surface area contributed by atoms with Gasteiger partial charge in [0.25, 0.3) is 0 Å². The van der Waals surface area contributed by atoms with Gasteiger partial charge in [0.1, 0.15) is 5.82 Å². The summed E-state index contributed by atoms with van der Waals surface area (Å²) in [6.07, 6.45) is 1.68. The molecule has 2 rings (SSSR count). The van der Waals surface area contributed by atoms with Gasteiger partial charge in [0.2, 0.25) is 0 Å². The first-order valence-electron chi connectivity index (χ1n) is 6.52. The molecule has 0 aliphatic carbocycles. The Labute approximate surface area is 138 Å². The molecule has 0 amide bonds. The maximum Gasteiger partial charge on any atom is 0.196 e. The van der Waals surface area contributed by atoms with Gasteiger partial charge >= 0.3 is 0 Å². The van der Waals surface area contributed by atoms with Gasteiger partial charge in [0.15, 0.2) is 5.78 Å². The average molecular weight is 338 g/mol. The molecule has 0 N–H and O–H groups in total. The number of ketones is 1. The third-order valence-electron chi connectivity index (χ3n) is 2.96. The van der Waals surface area contributed by atoms with E-state index in [-0.39, 0.29) is 16.6 Å². The smallest absolute Gasteiger partial charge is 0.196 e. The Morgan fingerprint density at radius 2 is 1.73 bits per heavy atom. The average Bonchev–Trinajstić information content (AvgIpc) is 2.45. The highest BCUT2D eigenvalue weighted by Crippen LogP contribution is 2.27. The number of hydrogen-bond donors (Lipinski definition) is 0. The molecule has 2 aromatic carbocycles. The fourth-order valence-electron chi connectivity index (χ4n) is 1.97. The molecule has 0 aliphatic rings. The summed E-state index contributed by atoms with van der Waals surface area (Å²) >= 11 is 12.0. The molecule has 0 radical (unpaired) electrons. The first-order valence-corrected chi connectivity index (χ1v) is 7.28. The fourth-order valence-corrected chi connectivity index (χ4v) is 2.46. The van der Waals surface area contributed by atoms with Crippen molar-refractivity contribution in [3.05, 3.63) is 75.7 Å². The van der Waals surface area contributed by atoms with Crippen LogP contribution in [0.2, 0.25) is 10.0 Å². The third-order valence-corrected chi connectivity index (χ3v) is 3.51. The molecule has 0 aliphatic heterocycles. The van der Waals surface area contributed by atoms with Gasteiger partial charge in [-0.1, -0.05) is 35.3 Å². The first kappa shape index (κ1) is 16.5. The van der Waals surface area contributed by atoms with E-state index in [1.165, 1.54) is 18.2 Å². The van der Waals surface area contributed by atoms with Gasteiger partial charge in [0, 0.05) is 36.5 Å². The van der Waals surface area contributed by atoms with E-state index < -0.39 is 0 Å². The molecule has 0 bridgehead atoms. The van der Waals surface area contributed by atoms with Crippen LogP contribution in [0.4, 0.5) is 4.39 Å². The predicted octanol–water partition coefficient (Wildman–Crippen LogP) is 4.92. The van der Waals surface area contributed by atoms with Crippen LogP contribution in [0.25, 0.3) is 5.57 Å². The molecule has 0 atom stereocenters. The summed E-state index contributed by atoms with van der Waals surface area (Å²) in [7, 11) is 3.61. The lowest BCUT2D eigenvalue weighted by atomic mass is 9.97. The van der Waals surface area contributed by atoms with Crippen molar-refractivity contribution in [1.82, 2.24) is 4.90 Å². The van der Waals surface area contributed by atoms with Gasteiger partial charge in [-0.25, -0.2) is 4.39 Å². The molecule has 0 unspecified atom stereocenters. The van der Waals surface area contributed by atoms with E-state index in [0.29, 0.717) is 21.7 Å². The molecular formula is C17H14Cl2FNO. The van der Waals surface area contributed by atoms with Crippen molar-refractivity contribution < 1.29 is 9.18 Å². The standard InChI is InChI=1S/C17H14Cl2FNO/c1-21(2)10-15(11-3-6-13(20)7-4-11)17(22)14-8-5-12(18)9-16(14)19/h3-10H,1-2H3/b15-10+. The monoisotopic (exact) mass is 337 g/mol. The molecule has 2 nitrogen and oxygen atoms in total. The van der Waals surface area contributed by atoms with E-state index in [1.807, 2.05) is 0 Å². The molecule has 0 aromatic heterocycles. The summed E-state index contributed by atoms with van der Waals surface area (Å²) in [4.78, 5) is 14.5. The van der Waals surface area contributed by atoms with Gasteiger partial charge in [-0.2, -0.15) is 0 Å². The second-order valence-electron chi connectivity index (χ2n) is 4.97. The van der Waals surface area contributed by atoms with Gasteiger partial charge in [0.05, 0.1) is 5.02 Å². The van der Waals surface area contributed by atoms with Gasteiger partial charge in [-0.3, -0.25) is 4.79 Å². The number of rotatable bonds is 4. The van der Waals surface area contributed by atoms with Crippen LogP contribution >= 0.6 is 23.2 Å². The lowest BCUT2D eigenvalue weighted by Gasteiger charge is -2.13. The molecular weight excluding hydrogens is 324 g/mol. The number of halogens is 3. The van der Waals surface area contributed by atoms with Gasteiger partial charge < -0.3 is 4.90 Å². The van der Waals surface area contributed by atoms with Crippen LogP contribution in [0.1, 0.15) is 15.9 Å². The fraction of sp³-hybridized carbons (Fsp3) is 0.118. The summed E-state index contributed by atoms with van der Waals surface area (Å²) in [5.41, 5.74) is 1.39. The van der Waals surface area contributed by atoms with Gasteiger partial charge in [-0.15, -0.1) is 0 Å². The van der Waals surface area contributed by atoms with Crippen LogP contribution in [-0.2, 0) is 0 Å². The quantitative estimate of drug-likeness (QED) is 0.583. The number of Topliss-reactive ketones (excluding diaryl/α,β-unsaturated/α-hetero) is 1. The minimum absolute atomic E-state index is 0.248. The second kappa shape index (κ2) is 6.95. The van der Waals surface area contributed by atoms with Crippen molar-refractivity contribution in [1.29, 1.82) is 0 Å². The van der Waals surface area contributed by atoms with Crippen molar-refractivity contribution >= 4 is 34.6 Å². The van der Waals surface area contributed by atoms with Gasteiger partial charge in [-0.05, 0) is 35.9 Å². The topological polar surface area (TPSA) is 20.3 Å². The van der Waals surface area contributed by atoms with E-state index >= 15 is 0 Å². The summed E-state index contributed by atoms with van der Waals surface area (Å²) in [5.74, 6) is -0.605. The SMILES string of the molecule is CN(C)/C=C(/C(=O)c1ccc(Cl)cc1Cl)c1ccc(F)cc1. The zero-order valence-electron chi connectivity index (χ0n) is 12.1. The van der Waals surface area contributed by atoms with Crippen LogP contribution in [-0.4, -0.2) is 24.8 Å². The highest BCUT2D eigenvalue weighted by molar-refractivity contribution is 6.40. The molecule has 2 aromatic rings.